The molecule has 0 heterocycles. The van der Waals surface area contributed by atoms with E-state index < -0.39 is 10.1 Å². The quantitative estimate of drug-likeness (QED) is 0.404. The van der Waals surface area contributed by atoms with Gasteiger partial charge in [0, 0.05) is 12.2 Å². The van der Waals surface area contributed by atoms with Gasteiger partial charge in [0.25, 0.3) is 0 Å². The van der Waals surface area contributed by atoms with Crippen molar-refractivity contribution in [2.75, 3.05) is 18.0 Å². The van der Waals surface area contributed by atoms with Crippen LogP contribution < -0.4 is 56.3 Å². The summed E-state index contributed by atoms with van der Waals surface area (Å²) >= 11 is 0. The summed E-state index contributed by atoms with van der Waals surface area (Å²) < 4.78 is 29.7. The Morgan fingerprint density at radius 1 is 1.31 bits per heavy atom. The number of hydrogen-bond acceptors (Lipinski definition) is 3. The first-order chi connectivity index (χ1) is 7.03. The molecule has 0 aliphatic carbocycles. The van der Waals surface area contributed by atoms with Crippen LogP contribution in [-0.4, -0.2) is 26.1 Å². The summed E-state index contributed by atoms with van der Waals surface area (Å²) in [6, 6.07) is 9.43. The molecule has 1 rings (SSSR count). The molecular weight excluding hydrogens is 253 g/mol. The van der Waals surface area contributed by atoms with E-state index in [0.717, 1.165) is 11.4 Å². The van der Waals surface area contributed by atoms with Crippen LogP contribution in [0, 0.1) is 5.75 Å². The summed E-state index contributed by atoms with van der Waals surface area (Å²) in [7, 11) is -4.00. The second-order valence-corrected chi connectivity index (χ2v) is 4.42. The third-order valence-corrected chi connectivity index (χ3v) is 2.58. The molecule has 1 aromatic carbocycles. The first kappa shape index (κ1) is 16.6. The van der Waals surface area contributed by atoms with Crippen LogP contribution in [0.5, 0.6) is 0 Å². The molecule has 1 N–H and O–H groups in total. The fourth-order valence-electron chi connectivity index (χ4n) is 1.24. The zero-order valence-electron chi connectivity index (χ0n) is 9.50. The molecule has 0 bridgehead atoms. The normalized spacial score (nSPS) is 10.6. The van der Waals surface area contributed by atoms with Crippen molar-refractivity contribution >= 4 is 15.8 Å². The number of hydrogen-bond donors (Lipinski definition) is 1. The topological polar surface area (TPSA) is 57.6 Å². The van der Waals surface area contributed by atoms with Crippen LogP contribution in [0.3, 0.4) is 0 Å². The van der Waals surface area contributed by atoms with Crippen molar-refractivity contribution in [2.45, 2.75) is 6.92 Å². The molecule has 0 aliphatic heterocycles. The van der Waals surface area contributed by atoms with Crippen LogP contribution in [0.25, 0.3) is 0 Å². The molecule has 0 spiro atoms. The van der Waals surface area contributed by atoms with Crippen molar-refractivity contribution in [1.82, 2.24) is 0 Å². The second kappa shape index (κ2) is 7.81. The molecule has 0 unspecified atom stereocenters. The number of benzene rings is 1. The van der Waals surface area contributed by atoms with Crippen LogP contribution in [0.4, 0.5) is 5.69 Å². The molecule has 4 nitrogen and oxygen atoms in total. The predicted molar refractivity (Wildman–Crippen MR) is 60.2 cm³/mol. The average molecular weight is 267 g/mol. The molecule has 16 heavy (non-hydrogen) atoms. The van der Waals surface area contributed by atoms with Crippen molar-refractivity contribution in [3.05, 3.63) is 36.1 Å². The van der Waals surface area contributed by atoms with Crippen molar-refractivity contribution in [2.24, 2.45) is 0 Å². The maximum absolute atomic E-state index is 10.6. The monoisotopic (exact) mass is 267 g/mol. The molecule has 0 radical (unpaired) electrons. The van der Waals surface area contributed by atoms with E-state index in [0.29, 0.717) is 6.54 Å². The smallest absolute Gasteiger partial charge is 0.401 e. The third kappa shape index (κ3) is 6.34. The molecule has 0 fully saturated rings. The first-order valence-corrected chi connectivity index (χ1v) is 6.14. The molecule has 0 aromatic heterocycles. The van der Waals surface area contributed by atoms with Gasteiger partial charge in [0.2, 0.25) is 0 Å². The summed E-state index contributed by atoms with van der Waals surface area (Å²) in [5.74, 6) is 0.892. The van der Waals surface area contributed by atoms with Gasteiger partial charge >= 0.3 is 51.4 Å². The third-order valence-electron chi connectivity index (χ3n) is 2.01. The van der Waals surface area contributed by atoms with Gasteiger partial charge in [0.05, 0.1) is 0 Å². The fourth-order valence-corrected chi connectivity index (χ4v) is 1.61. The van der Waals surface area contributed by atoms with E-state index in [1.165, 1.54) is 0 Å². The van der Waals surface area contributed by atoms with Gasteiger partial charge in [-0.2, -0.15) is 5.75 Å². The van der Waals surface area contributed by atoms with Crippen LogP contribution >= 0.6 is 0 Å². The predicted octanol–water partition coefficient (Wildman–Crippen LogP) is -1.43. The number of para-hydroxylation sites is 1. The number of rotatable bonds is 5. The molecule has 0 amide bonds. The van der Waals surface area contributed by atoms with Crippen molar-refractivity contribution in [1.29, 1.82) is 0 Å². The van der Waals surface area contributed by atoms with Gasteiger partial charge < -0.3 is 9.45 Å². The Morgan fingerprint density at radius 2 is 1.88 bits per heavy atom. The van der Waals surface area contributed by atoms with Gasteiger partial charge in [-0.1, -0.05) is 24.7 Å². The van der Waals surface area contributed by atoms with Gasteiger partial charge in [0.15, 0.2) is 0 Å². The van der Waals surface area contributed by atoms with E-state index in [-0.39, 0.29) is 57.9 Å². The van der Waals surface area contributed by atoms with Gasteiger partial charge in [-0.25, -0.2) is 8.42 Å². The minimum absolute atomic E-state index is 0. The van der Waals surface area contributed by atoms with E-state index >= 15 is 0 Å². The van der Waals surface area contributed by atoms with Crippen molar-refractivity contribution in [3.8, 4) is 0 Å². The summed E-state index contributed by atoms with van der Waals surface area (Å²) in [6.45, 7) is 2.78. The van der Waals surface area contributed by atoms with Gasteiger partial charge in [-0.15, -0.1) is 0 Å². The average Bonchev–Trinajstić information content (AvgIpc) is 2.19. The van der Waals surface area contributed by atoms with Gasteiger partial charge in [0.1, 0.15) is 10.1 Å². The Kier molecular flexibility index (Phi) is 8.09. The Labute approximate surface area is 139 Å². The van der Waals surface area contributed by atoms with E-state index in [2.05, 4.69) is 0 Å². The second-order valence-electron chi connectivity index (χ2n) is 3.06. The van der Waals surface area contributed by atoms with Gasteiger partial charge in [-0.05, 0) is 19.1 Å². The minimum atomic E-state index is -4.00. The Bertz CT molecular complexity index is 394. The van der Waals surface area contributed by atoms with Gasteiger partial charge in [-0.3, -0.25) is 0 Å². The Morgan fingerprint density at radius 3 is 2.31 bits per heavy atom. The summed E-state index contributed by atoms with van der Waals surface area (Å²) in [6.07, 6.45) is 0. The molecule has 6 heteroatoms. The molecule has 0 atom stereocenters. The van der Waals surface area contributed by atoms with Crippen molar-refractivity contribution < 1.29 is 64.4 Å². The molecule has 0 saturated carbocycles. The summed E-state index contributed by atoms with van der Waals surface area (Å²) in [4.78, 5) is 1.84. The molecule has 0 aliphatic rings. The van der Waals surface area contributed by atoms with Crippen molar-refractivity contribution in [3.63, 3.8) is 0 Å². The fraction of sp³-hybridized carbons (Fsp3) is 0.300. The molecule has 1 aromatic rings. The molecule has 84 valence electrons. The van der Waals surface area contributed by atoms with Crippen LogP contribution in [0.15, 0.2) is 30.3 Å². The van der Waals surface area contributed by atoms with Crippen LogP contribution in [0.1, 0.15) is 6.92 Å². The Hall–Kier alpha value is 0.566. The van der Waals surface area contributed by atoms with Crippen LogP contribution in [0.2, 0.25) is 0 Å². The van der Waals surface area contributed by atoms with E-state index in [4.69, 9.17) is 4.55 Å². The Balaban J connectivity index is 0.00000225. The SMILES string of the molecule is CCN(C[CH-]S(=O)(=O)O)c1ccccc1.[K+]. The number of nitrogens with zero attached hydrogens (tertiary/aromatic N) is 1. The summed E-state index contributed by atoms with van der Waals surface area (Å²) in [5.41, 5.74) is 0.930. The zero-order chi connectivity index (χ0) is 11.3. The van der Waals surface area contributed by atoms with E-state index in [1.807, 2.05) is 42.2 Å². The maximum atomic E-state index is 10.6. The zero-order valence-corrected chi connectivity index (χ0v) is 13.4. The molecular formula is C10H14KNO3S. The standard InChI is InChI=1S/C10H14NO3S.K/c1-2-11(8-9-15(12,13)14)10-6-4-3-5-7-10;/h3-7,9H,2,8H2,1H3,(H,12,13,14);/q-1;+1. The van der Waals surface area contributed by atoms with E-state index in [9.17, 15) is 8.42 Å². The minimum Gasteiger partial charge on any atom is -0.401 e. The first-order valence-electron chi connectivity index (χ1n) is 4.63. The van der Waals surface area contributed by atoms with Crippen LogP contribution in [-0.2, 0) is 10.1 Å². The number of anilines is 1. The molecule has 0 saturated heterocycles. The summed E-state index contributed by atoms with van der Waals surface area (Å²) in [5, 5.41) is 0. The maximum Gasteiger partial charge on any atom is 1.00 e. The van der Waals surface area contributed by atoms with E-state index in [1.54, 1.807) is 0 Å². The largest absolute Gasteiger partial charge is 1.00 e.